The van der Waals surface area contributed by atoms with Crippen LogP contribution in [0.4, 0.5) is 0 Å². The molecule has 0 bridgehead atoms. The van der Waals surface area contributed by atoms with E-state index in [-0.39, 0.29) is 17.4 Å². The smallest absolute Gasteiger partial charge is 0.308 e. The molecule has 120 valence electrons. The van der Waals surface area contributed by atoms with E-state index < -0.39 is 5.97 Å². The Balaban J connectivity index is 1.73. The molecule has 1 aromatic rings. The number of likely N-dealkylation sites (tertiary alicyclic amines) is 1. The highest BCUT2D eigenvalue weighted by Gasteiger charge is 2.43. The number of carboxylic acid groups (broad SMARTS) is 1. The molecule has 2 unspecified atom stereocenters. The Bertz CT molecular complexity index is 529. The van der Waals surface area contributed by atoms with Crippen LogP contribution in [0.5, 0.6) is 0 Å². The van der Waals surface area contributed by atoms with Gasteiger partial charge in [0.15, 0.2) is 0 Å². The van der Waals surface area contributed by atoms with Gasteiger partial charge in [0.25, 0.3) is 0 Å². The number of rotatable bonds is 3. The Kier molecular flexibility index (Phi) is 4.26. The van der Waals surface area contributed by atoms with Crippen LogP contribution in [0.1, 0.15) is 51.5 Å². The van der Waals surface area contributed by atoms with Crippen molar-refractivity contribution >= 4 is 5.97 Å². The van der Waals surface area contributed by atoms with Gasteiger partial charge in [-0.3, -0.25) is 9.69 Å². The van der Waals surface area contributed by atoms with Crippen LogP contribution in [-0.4, -0.2) is 34.6 Å². The first-order valence-electron chi connectivity index (χ1n) is 8.55. The van der Waals surface area contributed by atoms with E-state index >= 15 is 0 Å². The molecule has 1 heterocycles. The third-order valence-corrected chi connectivity index (χ3v) is 6.01. The lowest BCUT2D eigenvalue weighted by molar-refractivity contribution is -0.146. The maximum Gasteiger partial charge on any atom is 0.308 e. The van der Waals surface area contributed by atoms with Crippen molar-refractivity contribution in [1.29, 1.82) is 0 Å². The summed E-state index contributed by atoms with van der Waals surface area (Å²) in [6.45, 7) is 5.53. The Morgan fingerprint density at radius 1 is 1.27 bits per heavy atom. The highest BCUT2D eigenvalue weighted by Crippen LogP contribution is 2.44. The normalized spacial score (nSPS) is 36.4. The monoisotopic (exact) mass is 301 g/mol. The number of carbonyl (C=O) groups is 1. The Labute approximate surface area is 133 Å². The fourth-order valence-electron chi connectivity index (χ4n) is 4.61. The number of hydrogen-bond donors (Lipinski definition) is 1. The summed E-state index contributed by atoms with van der Waals surface area (Å²) >= 11 is 0. The molecule has 0 spiro atoms. The van der Waals surface area contributed by atoms with Gasteiger partial charge in [0.05, 0.1) is 5.92 Å². The Morgan fingerprint density at radius 2 is 2.00 bits per heavy atom. The largest absolute Gasteiger partial charge is 0.481 e. The second-order valence-electron chi connectivity index (χ2n) is 7.39. The first-order valence-corrected chi connectivity index (χ1v) is 8.55. The maximum atomic E-state index is 11.4. The summed E-state index contributed by atoms with van der Waals surface area (Å²) in [5.41, 5.74) is 1.67. The number of carboxylic acids is 1. The van der Waals surface area contributed by atoms with E-state index in [1.54, 1.807) is 0 Å². The van der Waals surface area contributed by atoms with Crippen LogP contribution >= 0.6 is 0 Å². The first-order chi connectivity index (χ1) is 10.5. The molecule has 2 aliphatic rings. The zero-order chi connectivity index (χ0) is 15.7. The molecule has 3 heteroatoms. The van der Waals surface area contributed by atoms with E-state index in [1.807, 2.05) is 0 Å². The van der Waals surface area contributed by atoms with E-state index in [4.69, 9.17) is 0 Å². The Hall–Kier alpha value is -1.35. The third kappa shape index (κ3) is 2.79. The van der Waals surface area contributed by atoms with E-state index in [1.165, 1.54) is 18.4 Å². The van der Waals surface area contributed by atoms with Gasteiger partial charge in [-0.05, 0) is 56.6 Å². The second kappa shape index (κ2) is 6.04. The third-order valence-electron chi connectivity index (χ3n) is 6.01. The lowest BCUT2D eigenvalue weighted by Crippen LogP contribution is -2.50. The molecule has 1 N–H and O–H groups in total. The van der Waals surface area contributed by atoms with Crippen molar-refractivity contribution in [2.45, 2.75) is 63.5 Å². The van der Waals surface area contributed by atoms with Crippen LogP contribution in [0.15, 0.2) is 30.3 Å². The van der Waals surface area contributed by atoms with Gasteiger partial charge in [0.2, 0.25) is 0 Å². The average molecular weight is 301 g/mol. The zero-order valence-electron chi connectivity index (χ0n) is 13.7. The molecule has 1 aliphatic carbocycles. The van der Waals surface area contributed by atoms with Crippen molar-refractivity contribution in [2.75, 3.05) is 6.54 Å². The molecule has 3 rings (SSSR count). The summed E-state index contributed by atoms with van der Waals surface area (Å²) in [6.07, 6.45) is 5.37. The summed E-state index contributed by atoms with van der Waals surface area (Å²) < 4.78 is 0. The zero-order valence-corrected chi connectivity index (χ0v) is 13.7. The van der Waals surface area contributed by atoms with Crippen LogP contribution < -0.4 is 0 Å². The topological polar surface area (TPSA) is 40.5 Å². The van der Waals surface area contributed by atoms with Crippen LogP contribution in [0.2, 0.25) is 0 Å². The summed E-state index contributed by atoms with van der Waals surface area (Å²) in [6, 6.07) is 11.5. The van der Waals surface area contributed by atoms with Gasteiger partial charge in [-0.1, -0.05) is 37.3 Å². The molecule has 0 radical (unpaired) electrons. The molecule has 22 heavy (non-hydrogen) atoms. The van der Waals surface area contributed by atoms with E-state index in [0.29, 0.717) is 6.04 Å². The van der Waals surface area contributed by atoms with Gasteiger partial charge in [0.1, 0.15) is 0 Å². The van der Waals surface area contributed by atoms with Gasteiger partial charge in [0, 0.05) is 12.1 Å². The minimum absolute atomic E-state index is 0.161. The lowest BCUT2D eigenvalue weighted by atomic mass is 9.80. The SMILES string of the molecule is C[C@@H]1[C@H](C(=O)O)CCCN1C1CCC(C)(c2ccccc2)C1. The predicted molar refractivity (Wildman–Crippen MR) is 88.0 cm³/mol. The van der Waals surface area contributed by atoms with Crippen molar-refractivity contribution in [3.8, 4) is 0 Å². The molecule has 4 atom stereocenters. The van der Waals surface area contributed by atoms with Crippen molar-refractivity contribution in [1.82, 2.24) is 4.90 Å². The van der Waals surface area contributed by atoms with Crippen LogP contribution in [0.25, 0.3) is 0 Å². The first kappa shape index (κ1) is 15.5. The van der Waals surface area contributed by atoms with Crippen LogP contribution in [0.3, 0.4) is 0 Å². The fourth-order valence-corrected chi connectivity index (χ4v) is 4.61. The molecule has 1 aromatic carbocycles. The second-order valence-corrected chi connectivity index (χ2v) is 7.39. The van der Waals surface area contributed by atoms with E-state index in [0.717, 1.165) is 25.8 Å². The van der Waals surface area contributed by atoms with Crippen molar-refractivity contribution in [3.05, 3.63) is 35.9 Å². The minimum atomic E-state index is -0.624. The van der Waals surface area contributed by atoms with Gasteiger partial charge >= 0.3 is 5.97 Å². The molecule has 1 saturated carbocycles. The molecule has 1 aliphatic heterocycles. The number of nitrogens with zero attached hydrogens (tertiary/aromatic N) is 1. The molecule has 0 amide bonds. The average Bonchev–Trinajstić information content (AvgIpc) is 2.92. The number of aliphatic carboxylic acids is 1. The van der Waals surface area contributed by atoms with Crippen LogP contribution in [-0.2, 0) is 10.2 Å². The molecule has 1 saturated heterocycles. The highest BCUT2D eigenvalue weighted by atomic mass is 16.4. The molecular formula is C19H27NO2. The molecule has 3 nitrogen and oxygen atoms in total. The van der Waals surface area contributed by atoms with Crippen molar-refractivity contribution in [2.24, 2.45) is 5.92 Å². The van der Waals surface area contributed by atoms with Crippen molar-refractivity contribution < 1.29 is 9.90 Å². The fraction of sp³-hybridized carbons (Fsp3) is 0.632. The van der Waals surface area contributed by atoms with Crippen molar-refractivity contribution in [3.63, 3.8) is 0 Å². The maximum absolute atomic E-state index is 11.4. The predicted octanol–water partition coefficient (Wildman–Crippen LogP) is 3.68. The lowest BCUT2D eigenvalue weighted by Gasteiger charge is -2.42. The highest BCUT2D eigenvalue weighted by molar-refractivity contribution is 5.71. The summed E-state index contributed by atoms with van der Waals surface area (Å²) in [7, 11) is 0. The molecule has 2 fully saturated rings. The molecule has 0 aromatic heterocycles. The van der Waals surface area contributed by atoms with Crippen LogP contribution in [0, 0.1) is 5.92 Å². The standard InChI is InChI=1S/C19H27NO2/c1-14-17(18(21)22)9-6-12-20(14)16-10-11-19(2,13-16)15-7-4-3-5-8-15/h3-5,7-8,14,16-17H,6,9-13H2,1-2H3,(H,21,22)/t14-,16?,17-,19?/m1/s1. The minimum Gasteiger partial charge on any atom is -0.481 e. The van der Waals surface area contributed by atoms with Gasteiger partial charge < -0.3 is 5.11 Å². The van der Waals surface area contributed by atoms with Gasteiger partial charge in [-0.25, -0.2) is 0 Å². The number of piperidine rings is 1. The number of hydrogen-bond acceptors (Lipinski definition) is 2. The summed E-state index contributed by atoms with van der Waals surface area (Å²) in [4.78, 5) is 13.9. The van der Waals surface area contributed by atoms with E-state index in [2.05, 4.69) is 49.1 Å². The van der Waals surface area contributed by atoms with Gasteiger partial charge in [-0.2, -0.15) is 0 Å². The Morgan fingerprint density at radius 3 is 2.68 bits per heavy atom. The molecular weight excluding hydrogens is 274 g/mol. The summed E-state index contributed by atoms with van der Waals surface area (Å²) in [5, 5.41) is 9.42. The summed E-state index contributed by atoms with van der Waals surface area (Å²) in [5.74, 6) is -0.821. The van der Waals surface area contributed by atoms with E-state index in [9.17, 15) is 9.90 Å². The quantitative estimate of drug-likeness (QED) is 0.926. The number of benzene rings is 1. The van der Waals surface area contributed by atoms with Gasteiger partial charge in [-0.15, -0.1) is 0 Å².